The highest BCUT2D eigenvalue weighted by molar-refractivity contribution is 7.99. The summed E-state index contributed by atoms with van der Waals surface area (Å²) in [5.41, 5.74) is 1.35. The van der Waals surface area contributed by atoms with Gasteiger partial charge in [0, 0.05) is 12.6 Å². The minimum Gasteiger partial charge on any atom is -0.494 e. The fraction of sp³-hybridized carbons (Fsp3) is 0.647. The van der Waals surface area contributed by atoms with E-state index in [9.17, 15) is 0 Å². The fourth-order valence-corrected chi connectivity index (χ4v) is 3.39. The molecule has 0 radical (unpaired) electrons. The van der Waals surface area contributed by atoms with Crippen LogP contribution in [-0.4, -0.2) is 24.2 Å². The molecule has 2 nitrogen and oxygen atoms in total. The molecule has 0 aliphatic carbocycles. The van der Waals surface area contributed by atoms with Crippen molar-refractivity contribution < 1.29 is 4.74 Å². The summed E-state index contributed by atoms with van der Waals surface area (Å²) in [5.74, 6) is 4.30. The van der Waals surface area contributed by atoms with E-state index in [0.29, 0.717) is 12.0 Å². The van der Waals surface area contributed by atoms with E-state index >= 15 is 0 Å². The fourth-order valence-electron chi connectivity index (χ4n) is 2.28. The Labute approximate surface area is 127 Å². The molecule has 0 saturated carbocycles. The van der Waals surface area contributed by atoms with Crippen molar-refractivity contribution >= 4 is 11.8 Å². The van der Waals surface area contributed by atoms with Crippen LogP contribution in [0.25, 0.3) is 0 Å². The minimum atomic E-state index is 0.701. The third kappa shape index (κ3) is 5.76. The summed E-state index contributed by atoms with van der Waals surface area (Å²) in [4.78, 5) is 0. The van der Waals surface area contributed by atoms with Crippen molar-refractivity contribution in [2.24, 2.45) is 5.92 Å². The van der Waals surface area contributed by atoms with Gasteiger partial charge in [-0.05, 0) is 54.4 Å². The molecule has 0 aromatic heterocycles. The Morgan fingerprint density at radius 2 is 1.90 bits per heavy atom. The first-order valence-corrected chi connectivity index (χ1v) is 8.92. The standard InChI is InChI=1S/C17H27NOS/c1-14(2)7-10-19-17-5-3-15(4-6-17)13-18-16-8-11-20-12-9-16/h3-6,14,16,18H,7-13H2,1-2H3. The molecule has 0 spiro atoms. The van der Waals surface area contributed by atoms with Gasteiger partial charge in [-0.1, -0.05) is 26.0 Å². The maximum atomic E-state index is 5.74. The van der Waals surface area contributed by atoms with Crippen LogP contribution in [-0.2, 0) is 6.54 Å². The number of nitrogens with one attached hydrogen (secondary N) is 1. The number of hydrogen-bond acceptors (Lipinski definition) is 3. The number of hydrogen-bond donors (Lipinski definition) is 1. The molecular formula is C17H27NOS. The average molecular weight is 293 g/mol. The average Bonchev–Trinajstić information content (AvgIpc) is 2.47. The van der Waals surface area contributed by atoms with Gasteiger partial charge in [0.2, 0.25) is 0 Å². The highest BCUT2D eigenvalue weighted by Crippen LogP contribution is 2.18. The SMILES string of the molecule is CC(C)CCOc1ccc(CNC2CCSCC2)cc1. The Morgan fingerprint density at radius 3 is 2.55 bits per heavy atom. The Bertz CT molecular complexity index is 371. The Kier molecular flexibility index (Phi) is 6.74. The summed E-state index contributed by atoms with van der Waals surface area (Å²) in [7, 11) is 0. The van der Waals surface area contributed by atoms with Crippen LogP contribution in [0.2, 0.25) is 0 Å². The van der Waals surface area contributed by atoms with E-state index in [2.05, 4.69) is 55.2 Å². The zero-order valence-electron chi connectivity index (χ0n) is 12.7. The van der Waals surface area contributed by atoms with Crippen molar-refractivity contribution in [3.8, 4) is 5.75 Å². The number of thioether (sulfide) groups is 1. The monoisotopic (exact) mass is 293 g/mol. The number of rotatable bonds is 7. The van der Waals surface area contributed by atoms with E-state index in [1.165, 1.54) is 29.9 Å². The lowest BCUT2D eigenvalue weighted by Gasteiger charge is -2.22. The van der Waals surface area contributed by atoms with E-state index in [1.54, 1.807) is 0 Å². The third-order valence-corrected chi connectivity index (χ3v) is 4.75. The summed E-state index contributed by atoms with van der Waals surface area (Å²) in [6.07, 6.45) is 3.73. The molecule has 2 rings (SSSR count). The van der Waals surface area contributed by atoms with Crippen molar-refractivity contribution in [3.63, 3.8) is 0 Å². The van der Waals surface area contributed by atoms with Crippen LogP contribution in [0.4, 0.5) is 0 Å². The van der Waals surface area contributed by atoms with Crippen molar-refractivity contribution in [1.29, 1.82) is 0 Å². The first-order chi connectivity index (χ1) is 9.74. The first kappa shape index (κ1) is 15.7. The van der Waals surface area contributed by atoms with Crippen LogP contribution in [0.3, 0.4) is 0 Å². The lowest BCUT2D eigenvalue weighted by Crippen LogP contribution is -2.31. The van der Waals surface area contributed by atoms with Gasteiger partial charge < -0.3 is 10.1 Å². The normalized spacial score (nSPS) is 16.6. The summed E-state index contributed by atoms with van der Waals surface area (Å²) >= 11 is 2.08. The topological polar surface area (TPSA) is 21.3 Å². The molecule has 1 aromatic rings. The van der Waals surface area contributed by atoms with E-state index in [1.807, 2.05) is 0 Å². The van der Waals surface area contributed by atoms with Crippen LogP contribution in [0, 0.1) is 5.92 Å². The molecule has 112 valence electrons. The van der Waals surface area contributed by atoms with Gasteiger partial charge in [0.1, 0.15) is 5.75 Å². The quantitative estimate of drug-likeness (QED) is 0.818. The van der Waals surface area contributed by atoms with E-state index in [4.69, 9.17) is 4.74 Å². The molecule has 1 N–H and O–H groups in total. The lowest BCUT2D eigenvalue weighted by molar-refractivity contribution is 0.289. The van der Waals surface area contributed by atoms with Gasteiger partial charge in [-0.2, -0.15) is 11.8 Å². The van der Waals surface area contributed by atoms with Gasteiger partial charge >= 0.3 is 0 Å². The van der Waals surface area contributed by atoms with E-state index < -0.39 is 0 Å². The van der Waals surface area contributed by atoms with Crippen LogP contribution in [0.5, 0.6) is 5.75 Å². The predicted octanol–water partition coefficient (Wildman–Crippen LogP) is 4.10. The highest BCUT2D eigenvalue weighted by atomic mass is 32.2. The van der Waals surface area contributed by atoms with E-state index in [0.717, 1.165) is 25.3 Å². The Balaban J connectivity index is 1.70. The van der Waals surface area contributed by atoms with Gasteiger partial charge in [0.05, 0.1) is 6.61 Å². The number of ether oxygens (including phenoxy) is 1. The molecule has 1 saturated heterocycles. The smallest absolute Gasteiger partial charge is 0.119 e. The molecule has 3 heteroatoms. The molecule has 1 aliphatic rings. The molecule has 0 atom stereocenters. The minimum absolute atomic E-state index is 0.701. The largest absolute Gasteiger partial charge is 0.494 e. The second-order valence-corrected chi connectivity index (χ2v) is 7.17. The first-order valence-electron chi connectivity index (χ1n) is 7.77. The summed E-state index contributed by atoms with van der Waals surface area (Å²) in [6, 6.07) is 9.24. The van der Waals surface area contributed by atoms with Crippen LogP contribution in [0.15, 0.2) is 24.3 Å². The highest BCUT2D eigenvalue weighted by Gasteiger charge is 2.12. The van der Waals surface area contributed by atoms with Crippen LogP contribution < -0.4 is 10.1 Å². The molecule has 1 aromatic carbocycles. The van der Waals surface area contributed by atoms with Gasteiger partial charge in [0.25, 0.3) is 0 Å². The molecule has 0 unspecified atom stereocenters. The predicted molar refractivity (Wildman–Crippen MR) is 88.6 cm³/mol. The van der Waals surface area contributed by atoms with Crippen LogP contribution in [0.1, 0.15) is 38.7 Å². The van der Waals surface area contributed by atoms with Gasteiger partial charge in [0.15, 0.2) is 0 Å². The second kappa shape index (κ2) is 8.58. The summed E-state index contributed by atoms with van der Waals surface area (Å²) < 4.78 is 5.74. The third-order valence-electron chi connectivity index (χ3n) is 3.70. The maximum Gasteiger partial charge on any atom is 0.119 e. The Hall–Kier alpha value is -0.670. The van der Waals surface area contributed by atoms with Crippen molar-refractivity contribution in [1.82, 2.24) is 5.32 Å². The molecule has 20 heavy (non-hydrogen) atoms. The molecule has 1 fully saturated rings. The molecule has 1 aliphatic heterocycles. The molecule has 0 amide bonds. The molecular weight excluding hydrogens is 266 g/mol. The molecule has 1 heterocycles. The molecule has 0 bridgehead atoms. The Morgan fingerprint density at radius 1 is 1.20 bits per heavy atom. The van der Waals surface area contributed by atoms with Crippen molar-refractivity contribution in [2.75, 3.05) is 18.1 Å². The zero-order chi connectivity index (χ0) is 14.2. The van der Waals surface area contributed by atoms with Gasteiger partial charge in [-0.25, -0.2) is 0 Å². The van der Waals surface area contributed by atoms with Gasteiger partial charge in [-0.3, -0.25) is 0 Å². The maximum absolute atomic E-state index is 5.74. The zero-order valence-corrected chi connectivity index (χ0v) is 13.5. The van der Waals surface area contributed by atoms with Crippen LogP contribution >= 0.6 is 11.8 Å². The lowest BCUT2D eigenvalue weighted by atomic mass is 10.1. The van der Waals surface area contributed by atoms with Crippen molar-refractivity contribution in [2.45, 2.75) is 45.7 Å². The second-order valence-electron chi connectivity index (χ2n) is 5.94. The summed E-state index contributed by atoms with van der Waals surface area (Å²) in [6.45, 7) is 6.24. The van der Waals surface area contributed by atoms with E-state index in [-0.39, 0.29) is 0 Å². The van der Waals surface area contributed by atoms with Gasteiger partial charge in [-0.15, -0.1) is 0 Å². The number of benzene rings is 1. The van der Waals surface area contributed by atoms with Crippen molar-refractivity contribution in [3.05, 3.63) is 29.8 Å². The summed E-state index contributed by atoms with van der Waals surface area (Å²) in [5, 5.41) is 3.66.